The van der Waals surface area contributed by atoms with Crippen LogP contribution in [0, 0.1) is 0 Å². The van der Waals surface area contributed by atoms with Crippen LogP contribution in [0.5, 0.6) is 0 Å². The summed E-state index contributed by atoms with van der Waals surface area (Å²) in [5.74, 6) is 0. The van der Waals surface area contributed by atoms with Gasteiger partial charge in [-0.25, -0.2) is 0 Å². The molecule has 0 N–H and O–H groups in total. The van der Waals surface area contributed by atoms with Crippen LogP contribution in [0.4, 0.5) is 0 Å². The fraction of sp³-hybridized carbons (Fsp3) is 0.308. The van der Waals surface area contributed by atoms with E-state index in [1.165, 1.54) is 33.0 Å². The van der Waals surface area contributed by atoms with E-state index >= 15 is 0 Å². The van der Waals surface area contributed by atoms with Gasteiger partial charge in [-0.3, -0.25) is 0 Å². The number of hydrogen-bond acceptors (Lipinski definition) is 0. The van der Waals surface area contributed by atoms with Crippen molar-refractivity contribution in [2.75, 3.05) is 0 Å². The summed E-state index contributed by atoms with van der Waals surface area (Å²) in [5, 5.41) is 2.63. The first kappa shape index (κ1) is 21.7. The maximum absolute atomic E-state index is 2.37. The van der Waals surface area contributed by atoms with E-state index in [-0.39, 0.29) is 12.8 Å². The van der Waals surface area contributed by atoms with Gasteiger partial charge in [-0.1, -0.05) is 95.8 Å². The Labute approximate surface area is 160 Å². The van der Waals surface area contributed by atoms with Crippen LogP contribution in [0.15, 0.2) is 72.8 Å². The number of hydrogen-bond donors (Lipinski definition) is 0. The van der Waals surface area contributed by atoms with Crippen molar-refractivity contribution in [2.45, 2.75) is 54.4 Å². The molecule has 0 nitrogen and oxygen atoms in total. The van der Waals surface area contributed by atoms with Crippen molar-refractivity contribution in [1.29, 1.82) is 0 Å². The standard InChI is InChI=1S/C21H18.2C2H6.CH4/c1-3-12-21(2)19-11-7-6-10-17(19)18-13-15-8-4-5-9-16(15)14-20(18)21;2*1-2;/h3-14H,1-2H3;2*1-2H3;1H4/b12-3+;;;. The van der Waals surface area contributed by atoms with Crippen LogP contribution >= 0.6 is 0 Å². The number of fused-ring (bicyclic) bond motifs is 4. The van der Waals surface area contributed by atoms with Crippen molar-refractivity contribution in [1.82, 2.24) is 0 Å². The van der Waals surface area contributed by atoms with Crippen LogP contribution in [0.25, 0.3) is 21.9 Å². The van der Waals surface area contributed by atoms with Gasteiger partial charge in [0.25, 0.3) is 0 Å². The highest BCUT2D eigenvalue weighted by molar-refractivity contribution is 5.93. The van der Waals surface area contributed by atoms with Crippen molar-refractivity contribution < 1.29 is 0 Å². The lowest BCUT2D eigenvalue weighted by Gasteiger charge is -2.23. The minimum atomic E-state index is -0.0231. The molecular weight excluding hydrogens is 312 g/mol. The summed E-state index contributed by atoms with van der Waals surface area (Å²) in [6, 6.07) is 22.1. The highest BCUT2D eigenvalue weighted by atomic mass is 14.4. The van der Waals surface area contributed by atoms with Gasteiger partial charge < -0.3 is 0 Å². The van der Waals surface area contributed by atoms with E-state index in [1.54, 1.807) is 0 Å². The minimum Gasteiger partial charge on any atom is -0.0905 e. The van der Waals surface area contributed by atoms with Crippen LogP contribution < -0.4 is 0 Å². The molecule has 0 saturated carbocycles. The summed E-state index contributed by atoms with van der Waals surface area (Å²) in [7, 11) is 0. The van der Waals surface area contributed by atoms with Crippen molar-refractivity contribution in [3.63, 3.8) is 0 Å². The van der Waals surface area contributed by atoms with Crippen molar-refractivity contribution >= 4 is 10.8 Å². The third-order valence-corrected chi connectivity index (χ3v) is 4.72. The van der Waals surface area contributed by atoms with Gasteiger partial charge >= 0.3 is 0 Å². The van der Waals surface area contributed by atoms with E-state index in [4.69, 9.17) is 0 Å². The lowest BCUT2D eigenvalue weighted by atomic mass is 9.79. The second kappa shape index (κ2) is 9.38. The van der Waals surface area contributed by atoms with E-state index in [0.29, 0.717) is 0 Å². The fourth-order valence-corrected chi connectivity index (χ4v) is 3.72. The molecule has 0 fully saturated rings. The van der Waals surface area contributed by atoms with Gasteiger partial charge in [-0.2, -0.15) is 0 Å². The largest absolute Gasteiger partial charge is 0.0905 e. The van der Waals surface area contributed by atoms with Gasteiger partial charge in [0.05, 0.1) is 0 Å². The maximum Gasteiger partial charge on any atom is 0.0366 e. The van der Waals surface area contributed by atoms with E-state index in [2.05, 4.69) is 86.7 Å². The van der Waals surface area contributed by atoms with E-state index in [9.17, 15) is 0 Å². The molecule has 1 aliphatic carbocycles. The van der Waals surface area contributed by atoms with E-state index in [1.807, 2.05) is 27.7 Å². The van der Waals surface area contributed by atoms with Crippen molar-refractivity contribution in [3.05, 3.63) is 83.9 Å². The smallest absolute Gasteiger partial charge is 0.0366 e. The highest BCUT2D eigenvalue weighted by Gasteiger charge is 2.36. The summed E-state index contributed by atoms with van der Waals surface area (Å²) in [6.07, 6.45) is 4.49. The van der Waals surface area contributed by atoms with Crippen molar-refractivity contribution in [3.8, 4) is 11.1 Å². The average molecular weight is 347 g/mol. The molecule has 0 spiro atoms. The molecule has 0 saturated heterocycles. The predicted molar refractivity (Wildman–Crippen MR) is 120 cm³/mol. The normalized spacial score (nSPS) is 16.5. The first-order chi connectivity index (χ1) is 12.2. The Balaban J connectivity index is 0.000000635. The Kier molecular flexibility index (Phi) is 7.83. The second-order valence-corrected chi connectivity index (χ2v) is 5.99. The van der Waals surface area contributed by atoms with E-state index in [0.717, 1.165) is 0 Å². The lowest BCUT2D eigenvalue weighted by molar-refractivity contribution is 0.747. The predicted octanol–water partition coefficient (Wildman–Crippen LogP) is 8.39. The molecule has 138 valence electrons. The quantitative estimate of drug-likeness (QED) is 0.388. The van der Waals surface area contributed by atoms with Crippen LogP contribution in [-0.4, -0.2) is 0 Å². The molecule has 26 heavy (non-hydrogen) atoms. The average Bonchev–Trinajstić information content (AvgIpc) is 2.92. The second-order valence-electron chi connectivity index (χ2n) is 5.99. The van der Waals surface area contributed by atoms with Crippen LogP contribution in [0.2, 0.25) is 0 Å². The first-order valence-electron chi connectivity index (χ1n) is 9.51. The molecule has 0 radical (unpaired) electrons. The zero-order chi connectivity index (χ0) is 18.4. The molecule has 0 heterocycles. The van der Waals surface area contributed by atoms with Crippen LogP contribution in [-0.2, 0) is 5.41 Å². The van der Waals surface area contributed by atoms with Gasteiger partial charge in [-0.15, -0.1) is 0 Å². The van der Waals surface area contributed by atoms with Gasteiger partial charge in [0.1, 0.15) is 0 Å². The minimum absolute atomic E-state index is 0. The Morgan fingerprint density at radius 3 is 1.85 bits per heavy atom. The van der Waals surface area contributed by atoms with E-state index < -0.39 is 0 Å². The zero-order valence-electron chi connectivity index (χ0n) is 16.4. The van der Waals surface area contributed by atoms with Gasteiger partial charge in [0.15, 0.2) is 0 Å². The molecule has 0 aliphatic heterocycles. The van der Waals surface area contributed by atoms with Gasteiger partial charge in [0.2, 0.25) is 0 Å². The Morgan fingerprint density at radius 1 is 0.692 bits per heavy atom. The number of benzene rings is 3. The number of rotatable bonds is 1. The molecule has 0 amide bonds. The third-order valence-electron chi connectivity index (χ3n) is 4.72. The fourth-order valence-electron chi connectivity index (χ4n) is 3.72. The molecule has 3 aromatic rings. The molecule has 3 aromatic carbocycles. The molecule has 1 unspecified atom stereocenters. The molecule has 0 aromatic heterocycles. The maximum atomic E-state index is 2.37. The highest BCUT2D eigenvalue weighted by Crippen LogP contribution is 2.50. The van der Waals surface area contributed by atoms with Crippen LogP contribution in [0.3, 0.4) is 0 Å². The summed E-state index contributed by atoms with van der Waals surface area (Å²) in [6.45, 7) is 12.4. The summed E-state index contributed by atoms with van der Waals surface area (Å²) in [5.41, 5.74) is 5.56. The SMILES string of the molecule is C.C/C=C/C1(C)c2ccccc2-c2cc3ccccc3cc21.CC.CC. The van der Waals surface area contributed by atoms with Gasteiger partial charge in [0, 0.05) is 5.41 Å². The third kappa shape index (κ3) is 3.46. The summed E-state index contributed by atoms with van der Waals surface area (Å²) in [4.78, 5) is 0. The molecule has 1 atom stereocenters. The Hall–Kier alpha value is -2.34. The molecule has 0 bridgehead atoms. The molecule has 1 aliphatic rings. The summed E-state index contributed by atoms with van der Waals surface area (Å²) < 4.78 is 0. The zero-order valence-corrected chi connectivity index (χ0v) is 16.4. The van der Waals surface area contributed by atoms with Crippen LogP contribution in [0.1, 0.15) is 60.1 Å². The topological polar surface area (TPSA) is 0 Å². The molecule has 0 heteroatoms. The van der Waals surface area contributed by atoms with Gasteiger partial charge in [-0.05, 0) is 59.0 Å². The lowest BCUT2D eigenvalue weighted by Crippen LogP contribution is -2.17. The Morgan fingerprint density at radius 2 is 1.23 bits per heavy atom. The Bertz CT molecular complexity index is 870. The first-order valence-corrected chi connectivity index (χ1v) is 9.51. The monoisotopic (exact) mass is 346 g/mol. The van der Waals surface area contributed by atoms with Crippen molar-refractivity contribution in [2.24, 2.45) is 0 Å². The molecule has 4 rings (SSSR count). The molecular formula is C26H34. The summed E-state index contributed by atoms with van der Waals surface area (Å²) >= 11 is 0. The number of allylic oxidation sites excluding steroid dienone is 2.